The Hall–Kier alpha value is -1.01. The molecule has 0 aliphatic rings. The highest BCUT2D eigenvalue weighted by atomic mass is 79.9. The van der Waals surface area contributed by atoms with Gasteiger partial charge in [-0.15, -0.1) is 0 Å². The zero-order valence-corrected chi connectivity index (χ0v) is 15.1. The van der Waals surface area contributed by atoms with Crippen LogP contribution in [0.15, 0.2) is 16.6 Å². The lowest BCUT2D eigenvalue weighted by Crippen LogP contribution is -2.20. The summed E-state index contributed by atoms with van der Waals surface area (Å²) in [6.07, 6.45) is -0.465. The third-order valence-corrected chi connectivity index (χ3v) is 3.78. The van der Waals surface area contributed by atoms with Crippen molar-refractivity contribution in [3.05, 3.63) is 27.7 Å². The molecule has 0 heterocycles. The van der Waals surface area contributed by atoms with Gasteiger partial charge in [0.05, 0.1) is 4.47 Å². The predicted octanol–water partition coefficient (Wildman–Crippen LogP) is 5.33. The van der Waals surface area contributed by atoms with Crippen LogP contribution in [0.1, 0.15) is 59.6 Å². The Morgan fingerprint density at radius 1 is 1.10 bits per heavy atom. The van der Waals surface area contributed by atoms with Crippen LogP contribution in [-0.4, -0.2) is 6.10 Å². The van der Waals surface area contributed by atoms with E-state index in [9.17, 15) is 0 Å². The molecule has 1 rings (SSSR count). The maximum atomic E-state index is 8.97. The second-order valence-electron chi connectivity index (χ2n) is 7.22. The van der Waals surface area contributed by atoms with Crippen molar-refractivity contribution in [1.82, 2.24) is 0 Å². The van der Waals surface area contributed by atoms with Gasteiger partial charge in [0.2, 0.25) is 0 Å². The van der Waals surface area contributed by atoms with E-state index in [0.717, 1.165) is 15.8 Å². The summed E-state index contributed by atoms with van der Waals surface area (Å²) in [5.41, 5.74) is 2.40. The highest BCUT2D eigenvalue weighted by Crippen LogP contribution is 2.41. The number of benzene rings is 1. The summed E-state index contributed by atoms with van der Waals surface area (Å²) in [5.74, 6) is 0.777. The Morgan fingerprint density at radius 3 is 2.05 bits per heavy atom. The molecule has 1 atom stereocenters. The number of nitriles is 1. The molecule has 0 aliphatic heterocycles. The Labute approximate surface area is 131 Å². The first-order valence-corrected chi connectivity index (χ1v) is 7.67. The van der Waals surface area contributed by atoms with Crippen molar-refractivity contribution in [3.63, 3.8) is 0 Å². The zero-order chi connectivity index (χ0) is 15.7. The van der Waals surface area contributed by atoms with Gasteiger partial charge < -0.3 is 4.74 Å². The number of halogens is 1. The molecule has 20 heavy (non-hydrogen) atoms. The van der Waals surface area contributed by atoms with Crippen LogP contribution >= 0.6 is 15.9 Å². The zero-order valence-electron chi connectivity index (χ0n) is 13.5. The Kier molecular flexibility index (Phi) is 4.92. The molecule has 110 valence electrons. The van der Waals surface area contributed by atoms with Gasteiger partial charge in [-0.25, -0.2) is 0 Å². The van der Waals surface area contributed by atoms with Crippen molar-refractivity contribution in [2.75, 3.05) is 0 Å². The van der Waals surface area contributed by atoms with Crippen LogP contribution < -0.4 is 4.74 Å². The largest absolute Gasteiger partial charge is 0.474 e. The minimum absolute atomic E-state index is 0.0473. The smallest absolute Gasteiger partial charge is 0.181 e. The number of hydrogen-bond acceptors (Lipinski definition) is 2. The van der Waals surface area contributed by atoms with E-state index in [1.165, 1.54) is 5.56 Å². The fraction of sp³-hybridized carbons (Fsp3) is 0.588. The first-order chi connectivity index (χ1) is 8.96. The van der Waals surface area contributed by atoms with Crippen molar-refractivity contribution in [1.29, 1.82) is 5.26 Å². The van der Waals surface area contributed by atoms with Gasteiger partial charge in [0, 0.05) is 5.56 Å². The van der Waals surface area contributed by atoms with E-state index in [-0.39, 0.29) is 10.8 Å². The van der Waals surface area contributed by atoms with Gasteiger partial charge in [-0.1, -0.05) is 47.6 Å². The molecule has 1 unspecified atom stereocenters. The summed E-state index contributed by atoms with van der Waals surface area (Å²) in [7, 11) is 0. The van der Waals surface area contributed by atoms with Crippen LogP contribution in [0.2, 0.25) is 0 Å². The first-order valence-electron chi connectivity index (χ1n) is 6.87. The second-order valence-corrected chi connectivity index (χ2v) is 8.08. The maximum absolute atomic E-state index is 8.97. The third-order valence-electron chi connectivity index (χ3n) is 3.19. The lowest BCUT2D eigenvalue weighted by atomic mass is 9.80. The van der Waals surface area contributed by atoms with Crippen LogP contribution in [0.25, 0.3) is 0 Å². The molecule has 0 saturated heterocycles. The fourth-order valence-corrected chi connectivity index (χ4v) is 2.46. The van der Waals surface area contributed by atoms with Gasteiger partial charge in [-0.3, -0.25) is 0 Å². The van der Waals surface area contributed by atoms with Gasteiger partial charge in [0.1, 0.15) is 11.8 Å². The topological polar surface area (TPSA) is 33.0 Å². The normalized spacial score (nSPS) is 13.8. The van der Waals surface area contributed by atoms with E-state index < -0.39 is 6.10 Å². The minimum Gasteiger partial charge on any atom is -0.474 e. The molecule has 0 radical (unpaired) electrons. The number of ether oxygens (including phenoxy) is 1. The van der Waals surface area contributed by atoms with Gasteiger partial charge >= 0.3 is 0 Å². The van der Waals surface area contributed by atoms with Crippen LogP contribution in [-0.2, 0) is 10.8 Å². The molecule has 0 aromatic heterocycles. The standard InChI is InChI=1S/C17H24BrNO/c1-11(10-19)20-15-13(17(5,6)7)8-12(9-14(15)18)16(2,3)4/h8-9,11H,1-7H3. The van der Waals surface area contributed by atoms with E-state index in [0.29, 0.717) is 0 Å². The van der Waals surface area contributed by atoms with Crippen LogP contribution in [0.3, 0.4) is 0 Å². The molecule has 0 spiro atoms. The molecule has 1 aromatic rings. The molecule has 0 fully saturated rings. The van der Waals surface area contributed by atoms with Crippen molar-refractivity contribution in [2.24, 2.45) is 0 Å². The Balaban J connectivity index is 3.48. The van der Waals surface area contributed by atoms with E-state index in [1.54, 1.807) is 6.92 Å². The molecule has 0 saturated carbocycles. The molecular weight excluding hydrogens is 314 g/mol. The Morgan fingerprint density at radius 2 is 1.65 bits per heavy atom. The molecular formula is C17H24BrNO. The molecule has 1 aromatic carbocycles. The first kappa shape index (κ1) is 17.0. The van der Waals surface area contributed by atoms with Gasteiger partial charge in [0.15, 0.2) is 6.10 Å². The van der Waals surface area contributed by atoms with Gasteiger partial charge in [-0.2, -0.15) is 5.26 Å². The van der Waals surface area contributed by atoms with E-state index >= 15 is 0 Å². The highest BCUT2D eigenvalue weighted by Gasteiger charge is 2.26. The third kappa shape index (κ3) is 3.99. The quantitative estimate of drug-likeness (QED) is 0.730. The summed E-state index contributed by atoms with van der Waals surface area (Å²) < 4.78 is 6.73. The number of rotatable bonds is 2. The second kappa shape index (κ2) is 5.77. The molecule has 0 amide bonds. The molecule has 2 nitrogen and oxygen atoms in total. The predicted molar refractivity (Wildman–Crippen MR) is 87.2 cm³/mol. The van der Waals surface area contributed by atoms with Crippen molar-refractivity contribution in [3.8, 4) is 11.8 Å². The number of nitrogens with zero attached hydrogens (tertiary/aromatic N) is 1. The lowest BCUT2D eigenvalue weighted by molar-refractivity contribution is 0.267. The van der Waals surface area contributed by atoms with Crippen molar-refractivity contribution in [2.45, 2.75) is 65.4 Å². The van der Waals surface area contributed by atoms with E-state index in [2.05, 4.69) is 75.7 Å². The molecule has 0 aliphatic carbocycles. The fourth-order valence-electron chi connectivity index (χ4n) is 1.91. The minimum atomic E-state index is -0.465. The average molecular weight is 338 g/mol. The summed E-state index contributed by atoms with van der Waals surface area (Å²) in [6.45, 7) is 14.8. The Bertz CT molecular complexity index is 530. The van der Waals surface area contributed by atoms with Crippen LogP contribution in [0.5, 0.6) is 5.75 Å². The molecule has 3 heteroatoms. The monoisotopic (exact) mass is 337 g/mol. The lowest BCUT2D eigenvalue weighted by Gasteiger charge is -2.28. The van der Waals surface area contributed by atoms with Crippen molar-refractivity contribution < 1.29 is 4.74 Å². The highest BCUT2D eigenvalue weighted by molar-refractivity contribution is 9.10. The summed E-state index contributed by atoms with van der Waals surface area (Å²) in [5, 5.41) is 8.97. The van der Waals surface area contributed by atoms with E-state index in [1.807, 2.05) is 0 Å². The van der Waals surface area contributed by atoms with Gasteiger partial charge in [0.25, 0.3) is 0 Å². The number of hydrogen-bond donors (Lipinski definition) is 0. The van der Waals surface area contributed by atoms with Crippen LogP contribution in [0, 0.1) is 11.3 Å². The van der Waals surface area contributed by atoms with E-state index in [4.69, 9.17) is 10.00 Å². The molecule has 0 N–H and O–H groups in total. The molecule has 0 bridgehead atoms. The SMILES string of the molecule is CC(C#N)Oc1c(Br)cc(C(C)(C)C)cc1C(C)(C)C. The summed E-state index contributed by atoms with van der Waals surface area (Å²) >= 11 is 3.61. The summed E-state index contributed by atoms with van der Waals surface area (Å²) in [6, 6.07) is 6.41. The summed E-state index contributed by atoms with van der Waals surface area (Å²) in [4.78, 5) is 0. The average Bonchev–Trinajstić information content (AvgIpc) is 2.28. The van der Waals surface area contributed by atoms with Crippen molar-refractivity contribution >= 4 is 15.9 Å². The van der Waals surface area contributed by atoms with Gasteiger partial charge in [-0.05, 0) is 45.3 Å². The van der Waals surface area contributed by atoms with Crippen LogP contribution in [0.4, 0.5) is 0 Å². The maximum Gasteiger partial charge on any atom is 0.181 e.